The van der Waals surface area contributed by atoms with Crippen molar-refractivity contribution in [2.24, 2.45) is 0 Å². The Balaban J connectivity index is 2.65. The number of allylic oxidation sites excluding steroid dienone is 1. The third-order valence-corrected chi connectivity index (χ3v) is 1.78. The Morgan fingerprint density at radius 3 is 2.64 bits per heavy atom. The topological polar surface area (TPSA) is 41.1 Å². The van der Waals surface area contributed by atoms with Crippen LogP contribution in [0.4, 0.5) is 10.5 Å². The van der Waals surface area contributed by atoms with Crippen molar-refractivity contribution in [3.8, 4) is 0 Å². The van der Waals surface area contributed by atoms with Crippen molar-refractivity contribution in [2.75, 3.05) is 5.32 Å². The molecule has 0 atom stereocenters. The zero-order valence-corrected chi connectivity index (χ0v) is 8.56. The second-order valence-electron chi connectivity index (χ2n) is 2.84. The summed E-state index contributed by atoms with van der Waals surface area (Å²) in [6.07, 6.45) is 0. The molecule has 3 nitrogen and oxygen atoms in total. The van der Waals surface area contributed by atoms with Crippen molar-refractivity contribution >= 4 is 23.3 Å². The Bertz CT molecular complexity index is 363. The first-order valence-electron chi connectivity index (χ1n) is 4.07. The summed E-state index contributed by atoms with van der Waals surface area (Å²) in [7, 11) is 0. The molecule has 2 amide bonds. The summed E-state index contributed by atoms with van der Waals surface area (Å²) in [6.45, 7) is 5.25. The van der Waals surface area contributed by atoms with Gasteiger partial charge in [0.05, 0.1) is 10.7 Å². The molecule has 0 saturated carbocycles. The molecule has 0 spiro atoms. The van der Waals surface area contributed by atoms with Crippen molar-refractivity contribution in [2.45, 2.75) is 6.92 Å². The van der Waals surface area contributed by atoms with E-state index in [0.29, 0.717) is 16.4 Å². The predicted molar refractivity (Wildman–Crippen MR) is 58.4 cm³/mol. The highest BCUT2D eigenvalue weighted by atomic mass is 35.5. The number of anilines is 1. The monoisotopic (exact) mass is 210 g/mol. The molecule has 0 heterocycles. The fourth-order valence-corrected chi connectivity index (χ4v) is 1.09. The lowest BCUT2D eigenvalue weighted by Crippen LogP contribution is -2.26. The maximum Gasteiger partial charge on any atom is 0.323 e. The molecule has 14 heavy (non-hydrogen) atoms. The molecule has 74 valence electrons. The molecule has 4 heteroatoms. The lowest BCUT2D eigenvalue weighted by molar-refractivity contribution is 0.254. The minimum atomic E-state index is -0.342. The van der Waals surface area contributed by atoms with Crippen LogP contribution in [0.5, 0.6) is 0 Å². The molecular formula is C10H11ClN2O. The van der Waals surface area contributed by atoms with Crippen LogP contribution < -0.4 is 10.6 Å². The number of carbonyl (C=O) groups excluding carboxylic acids is 1. The molecule has 0 aliphatic heterocycles. The number of rotatable bonds is 2. The highest BCUT2D eigenvalue weighted by Crippen LogP contribution is 2.19. The number of para-hydroxylation sites is 1. The smallest absolute Gasteiger partial charge is 0.312 e. The van der Waals surface area contributed by atoms with Crippen molar-refractivity contribution < 1.29 is 4.79 Å². The van der Waals surface area contributed by atoms with Crippen LogP contribution in [0, 0.1) is 0 Å². The molecule has 1 aromatic carbocycles. The quantitative estimate of drug-likeness (QED) is 0.774. The van der Waals surface area contributed by atoms with Crippen LogP contribution in [0.2, 0.25) is 5.02 Å². The fourth-order valence-electron chi connectivity index (χ4n) is 0.910. The van der Waals surface area contributed by atoms with Gasteiger partial charge in [0, 0.05) is 5.70 Å². The molecule has 1 rings (SSSR count). The van der Waals surface area contributed by atoms with Gasteiger partial charge in [-0.05, 0) is 19.1 Å². The van der Waals surface area contributed by atoms with Crippen LogP contribution in [0.25, 0.3) is 0 Å². The van der Waals surface area contributed by atoms with E-state index in [1.807, 2.05) is 0 Å². The molecule has 2 N–H and O–H groups in total. The molecule has 0 saturated heterocycles. The van der Waals surface area contributed by atoms with E-state index in [2.05, 4.69) is 17.2 Å². The van der Waals surface area contributed by atoms with Gasteiger partial charge in [-0.1, -0.05) is 30.3 Å². The van der Waals surface area contributed by atoms with E-state index in [9.17, 15) is 4.79 Å². The van der Waals surface area contributed by atoms with E-state index in [4.69, 9.17) is 11.6 Å². The van der Waals surface area contributed by atoms with Crippen LogP contribution in [0.15, 0.2) is 36.5 Å². The molecule has 0 bridgehead atoms. The number of nitrogens with one attached hydrogen (secondary N) is 2. The van der Waals surface area contributed by atoms with E-state index in [0.717, 1.165) is 0 Å². The number of hydrogen-bond acceptors (Lipinski definition) is 1. The standard InChI is InChI=1S/C10H11ClN2O/c1-7(2)12-10(14)13-9-6-4-3-5-8(9)11/h3-6H,1H2,2H3,(H2,12,13,14). The van der Waals surface area contributed by atoms with Gasteiger partial charge >= 0.3 is 6.03 Å². The zero-order valence-electron chi connectivity index (χ0n) is 7.80. The van der Waals surface area contributed by atoms with Crippen molar-refractivity contribution in [3.05, 3.63) is 41.6 Å². The molecule has 0 fully saturated rings. The molecule has 0 radical (unpaired) electrons. The Morgan fingerprint density at radius 2 is 2.07 bits per heavy atom. The van der Waals surface area contributed by atoms with Crippen LogP contribution >= 0.6 is 11.6 Å². The first-order chi connectivity index (χ1) is 6.59. The first kappa shape index (κ1) is 10.6. The first-order valence-corrected chi connectivity index (χ1v) is 4.45. The van der Waals surface area contributed by atoms with Crippen molar-refractivity contribution in [1.29, 1.82) is 0 Å². The maximum absolute atomic E-state index is 11.2. The SMILES string of the molecule is C=C(C)NC(=O)Nc1ccccc1Cl. The largest absolute Gasteiger partial charge is 0.323 e. The molecular weight excluding hydrogens is 200 g/mol. The number of carbonyl (C=O) groups is 1. The average Bonchev–Trinajstić information content (AvgIpc) is 2.07. The van der Waals surface area contributed by atoms with E-state index < -0.39 is 0 Å². The predicted octanol–water partition coefficient (Wildman–Crippen LogP) is 3.00. The van der Waals surface area contributed by atoms with Gasteiger partial charge in [-0.15, -0.1) is 0 Å². The maximum atomic E-state index is 11.2. The molecule has 1 aromatic rings. The lowest BCUT2D eigenvalue weighted by atomic mass is 10.3. The molecule has 0 aliphatic carbocycles. The van der Waals surface area contributed by atoms with Gasteiger partial charge in [0.1, 0.15) is 0 Å². The number of halogens is 1. The summed E-state index contributed by atoms with van der Waals surface area (Å²) >= 11 is 5.84. The summed E-state index contributed by atoms with van der Waals surface area (Å²) in [5.41, 5.74) is 1.16. The second-order valence-corrected chi connectivity index (χ2v) is 3.25. The van der Waals surface area contributed by atoms with Crippen molar-refractivity contribution in [1.82, 2.24) is 5.32 Å². The summed E-state index contributed by atoms with van der Waals surface area (Å²) in [5.74, 6) is 0. The average molecular weight is 211 g/mol. The van der Waals surface area contributed by atoms with E-state index in [1.54, 1.807) is 31.2 Å². The minimum absolute atomic E-state index is 0.342. The third kappa shape index (κ3) is 3.11. The van der Waals surface area contributed by atoms with Gasteiger partial charge in [0.2, 0.25) is 0 Å². The highest BCUT2D eigenvalue weighted by Gasteiger charge is 2.03. The van der Waals surface area contributed by atoms with Crippen LogP contribution in [0.3, 0.4) is 0 Å². The van der Waals surface area contributed by atoms with Crippen LogP contribution in [-0.2, 0) is 0 Å². The molecule has 0 aromatic heterocycles. The normalized spacial score (nSPS) is 9.29. The second kappa shape index (κ2) is 4.67. The Morgan fingerprint density at radius 1 is 1.43 bits per heavy atom. The van der Waals surface area contributed by atoms with E-state index in [1.165, 1.54) is 0 Å². The van der Waals surface area contributed by atoms with Gasteiger partial charge in [0.15, 0.2) is 0 Å². The number of amides is 2. The third-order valence-electron chi connectivity index (χ3n) is 1.45. The summed E-state index contributed by atoms with van der Waals surface area (Å²) in [4.78, 5) is 11.2. The van der Waals surface area contributed by atoms with Crippen molar-refractivity contribution in [3.63, 3.8) is 0 Å². The Hall–Kier alpha value is -1.48. The van der Waals surface area contributed by atoms with Crippen LogP contribution in [0.1, 0.15) is 6.92 Å². The van der Waals surface area contributed by atoms with E-state index >= 15 is 0 Å². The van der Waals surface area contributed by atoms with Gasteiger partial charge in [-0.2, -0.15) is 0 Å². The Labute approximate surface area is 87.8 Å². The van der Waals surface area contributed by atoms with Gasteiger partial charge in [0.25, 0.3) is 0 Å². The zero-order chi connectivity index (χ0) is 10.6. The van der Waals surface area contributed by atoms with Gasteiger partial charge < -0.3 is 10.6 Å². The number of hydrogen-bond donors (Lipinski definition) is 2. The molecule has 0 aliphatic rings. The number of urea groups is 1. The fraction of sp³-hybridized carbons (Fsp3) is 0.100. The van der Waals surface area contributed by atoms with Crippen LogP contribution in [-0.4, -0.2) is 6.03 Å². The highest BCUT2D eigenvalue weighted by molar-refractivity contribution is 6.33. The Kier molecular flexibility index (Phi) is 3.54. The summed E-state index contributed by atoms with van der Waals surface area (Å²) < 4.78 is 0. The summed E-state index contributed by atoms with van der Waals surface area (Å²) in [5, 5.41) is 5.62. The lowest BCUT2D eigenvalue weighted by Gasteiger charge is -2.07. The molecule has 0 unspecified atom stereocenters. The van der Waals surface area contributed by atoms with Gasteiger partial charge in [-0.3, -0.25) is 0 Å². The minimum Gasteiger partial charge on any atom is -0.312 e. The van der Waals surface area contributed by atoms with E-state index in [-0.39, 0.29) is 6.03 Å². The van der Waals surface area contributed by atoms with Gasteiger partial charge in [-0.25, -0.2) is 4.79 Å². The number of benzene rings is 1. The summed E-state index contributed by atoms with van der Waals surface area (Å²) in [6, 6.07) is 6.68.